The van der Waals surface area contributed by atoms with E-state index in [-0.39, 0.29) is 0 Å². The van der Waals surface area contributed by atoms with Crippen molar-refractivity contribution in [3.05, 3.63) is 11.6 Å². The SMILES string of the molecule is C[C@H]1CC[C@H]2[C@@H]3CCC4CCCC[C@]4(C)C3=CC[C@]12C. The summed E-state index contributed by atoms with van der Waals surface area (Å²) in [4.78, 5) is 0. The molecule has 4 aliphatic rings. The summed E-state index contributed by atoms with van der Waals surface area (Å²) in [6.45, 7) is 7.76. The van der Waals surface area contributed by atoms with Gasteiger partial charge in [0.2, 0.25) is 0 Å². The Bertz CT molecular complexity index is 433. The van der Waals surface area contributed by atoms with Crippen LogP contribution in [-0.4, -0.2) is 0 Å². The lowest BCUT2D eigenvalue weighted by molar-refractivity contribution is 0.0329. The Labute approximate surface area is 125 Å². The van der Waals surface area contributed by atoms with Crippen LogP contribution >= 0.6 is 0 Å². The van der Waals surface area contributed by atoms with Crippen LogP contribution in [0.3, 0.4) is 0 Å². The summed E-state index contributed by atoms with van der Waals surface area (Å²) >= 11 is 0. The van der Waals surface area contributed by atoms with E-state index in [2.05, 4.69) is 26.8 Å². The molecule has 1 unspecified atom stereocenters. The maximum absolute atomic E-state index is 2.75. The fraction of sp³-hybridized carbons (Fsp3) is 0.900. The van der Waals surface area contributed by atoms with Crippen molar-refractivity contribution in [1.29, 1.82) is 0 Å². The molecule has 20 heavy (non-hydrogen) atoms. The molecular weight excluding hydrogens is 240 g/mol. The Morgan fingerprint density at radius 1 is 1.00 bits per heavy atom. The molecule has 0 aromatic rings. The molecule has 0 nitrogen and oxygen atoms in total. The highest BCUT2D eigenvalue weighted by Gasteiger charge is 2.55. The molecule has 0 radical (unpaired) electrons. The zero-order valence-corrected chi connectivity index (χ0v) is 13.8. The second kappa shape index (κ2) is 4.37. The van der Waals surface area contributed by atoms with E-state index >= 15 is 0 Å². The Morgan fingerprint density at radius 2 is 1.85 bits per heavy atom. The summed E-state index contributed by atoms with van der Waals surface area (Å²) in [7, 11) is 0. The van der Waals surface area contributed by atoms with Gasteiger partial charge in [-0.05, 0) is 79.4 Å². The van der Waals surface area contributed by atoms with Crippen molar-refractivity contribution >= 4 is 0 Å². The largest absolute Gasteiger partial charge is 0.0839 e. The molecule has 3 saturated carbocycles. The van der Waals surface area contributed by atoms with E-state index in [4.69, 9.17) is 0 Å². The van der Waals surface area contributed by atoms with Gasteiger partial charge < -0.3 is 0 Å². The number of hydrogen-bond acceptors (Lipinski definition) is 0. The van der Waals surface area contributed by atoms with Gasteiger partial charge in [0.25, 0.3) is 0 Å². The molecule has 0 bridgehead atoms. The molecule has 4 rings (SSSR count). The molecule has 0 heteroatoms. The van der Waals surface area contributed by atoms with Gasteiger partial charge in [0.05, 0.1) is 0 Å². The summed E-state index contributed by atoms with van der Waals surface area (Å²) in [6.07, 6.45) is 16.1. The number of rotatable bonds is 0. The van der Waals surface area contributed by atoms with E-state index in [1.807, 2.05) is 5.57 Å². The highest BCUT2D eigenvalue weighted by atomic mass is 14.6. The lowest BCUT2D eigenvalue weighted by Crippen LogP contribution is -2.46. The molecule has 0 aliphatic heterocycles. The normalized spacial score (nSPS) is 54.6. The second-order valence-corrected chi connectivity index (χ2v) is 9.00. The van der Waals surface area contributed by atoms with E-state index in [0.717, 1.165) is 23.7 Å². The quantitative estimate of drug-likeness (QED) is 0.476. The van der Waals surface area contributed by atoms with Gasteiger partial charge in [0.15, 0.2) is 0 Å². The highest BCUT2D eigenvalue weighted by molar-refractivity contribution is 5.28. The van der Waals surface area contributed by atoms with Crippen molar-refractivity contribution in [2.45, 2.75) is 78.6 Å². The molecule has 0 aromatic carbocycles. The summed E-state index contributed by atoms with van der Waals surface area (Å²) in [5.41, 5.74) is 3.16. The van der Waals surface area contributed by atoms with Gasteiger partial charge in [-0.15, -0.1) is 0 Å². The fourth-order valence-electron chi connectivity index (χ4n) is 6.81. The number of fused-ring (bicyclic) bond motifs is 5. The molecule has 0 N–H and O–H groups in total. The van der Waals surface area contributed by atoms with Crippen LogP contribution in [0.15, 0.2) is 11.6 Å². The first kappa shape index (κ1) is 13.4. The Hall–Kier alpha value is -0.260. The predicted octanol–water partition coefficient (Wildman–Crippen LogP) is 5.98. The molecular formula is C20H32. The third-order valence-electron chi connectivity index (χ3n) is 8.42. The summed E-state index contributed by atoms with van der Waals surface area (Å²) in [6, 6.07) is 0. The zero-order valence-electron chi connectivity index (χ0n) is 13.8. The third-order valence-corrected chi connectivity index (χ3v) is 8.42. The van der Waals surface area contributed by atoms with Crippen LogP contribution in [0.4, 0.5) is 0 Å². The van der Waals surface area contributed by atoms with Crippen molar-refractivity contribution in [2.75, 3.05) is 0 Å². The van der Waals surface area contributed by atoms with E-state index < -0.39 is 0 Å². The van der Waals surface area contributed by atoms with E-state index in [1.54, 1.807) is 0 Å². The number of hydrogen-bond donors (Lipinski definition) is 0. The van der Waals surface area contributed by atoms with Crippen LogP contribution in [0.5, 0.6) is 0 Å². The summed E-state index contributed by atoms with van der Waals surface area (Å²) in [5.74, 6) is 3.93. The van der Waals surface area contributed by atoms with Gasteiger partial charge in [0, 0.05) is 0 Å². The monoisotopic (exact) mass is 272 g/mol. The molecule has 0 saturated heterocycles. The van der Waals surface area contributed by atoms with Gasteiger partial charge in [0.1, 0.15) is 0 Å². The first-order valence-electron chi connectivity index (χ1n) is 9.26. The van der Waals surface area contributed by atoms with Crippen molar-refractivity contribution in [1.82, 2.24) is 0 Å². The van der Waals surface area contributed by atoms with Crippen molar-refractivity contribution < 1.29 is 0 Å². The van der Waals surface area contributed by atoms with E-state index in [9.17, 15) is 0 Å². The van der Waals surface area contributed by atoms with Crippen LogP contribution in [-0.2, 0) is 0 Å². The van der Waals surface area contributed by atoms with Crippen molar-refractivity contribution in [3.63, 3.8) is 0 Å². The van der Waals surface area contributed by atoms with E-state index in [0.29, 0.717) is 10.8 Å². The number of allylic oxidation sites excluding steroid dienone is 2. The minimum absolute atomic E-state index is 0.592. The topological polar surface area (TPSA) is 0 Å². The molecule has 0 heterocycles. The van der Waals surface area contributed by atoms with Gasteiger partial charge in [-0.25, -0.2) is 0 Å². The van der Waals surface area contributed by atoms with Crippen LogP contribution in [0.1, 0.15) is 78.6 Å². The molecule has 112 valence electrons. The lowest BCUT2D eigenvalue weighted by Gasteiger charge is -2.56. The second-order valence-electron chi connectivity index (χ2n) is 9.00. The van der Waals surface area contributed by atoms with Gasteiger partial charge >= 0.3 is 0 Å². The van der Waals surface area contributed by atoms with Crippen LogP contribution in [0.25, 0.3) is 0 Å². The summed E-state index contributed by atoms with van der Waals surface area (Å²) < 4.78 is 0. The van der Waals surface area contributed by atoms with Gasteiger partial charge in [-0.3, -0.25) is 0 Å². The van der Waals surface area contributed by atoms with E-state index in [1.165, 1.54) is 57.8 Å². The fourth-order valence-corrected chi connectivity index (χ4v) is 6.81. The van der Waals surface area contributed by atoms with Crippen LogP contribution in [0, 0.1) is 34.5 Å². The molecule has 0 amide bonds. The highest BCUT2D eigenvalue weighted by Crippen LogP contribution is 2.65. The molecule has 3 fully saturated rings. The first-order chi connectivity index (χ1) is 9.56. The van der Waals surface area contributed by atoms with Crippen molar-refractivity contribution in [3.8, 4) is 0 Å². The maximum atomic E-state index is 2.75. The predicted molar refractivity (Wildman–Crippen MR) is 85.5 cm³/mol. The van der Waals surface area contributed by atoms with Crippen LogP contribution < -0.4 is 0 Å². The molecule has 4 aliphatic carbocycles. The minimum atomic E-state index is 0.592. The smallest absolute Gasteiger partial charge is 0.00853 e. The van der Waals surface area contributed by atoms with Crippen LogP contribution in [0.2, 0.25) is 0 Å². The molecule has 0 spiro atoms. The van der Waals surface area contributed by atoms with Crippen molar-refractivity contribution in [2.24, 2.45) is 34.5 Å². The Morgan fingerprint density at radius 3 is 2.70 bits per heavy atom. The average Bonchev–Trinajstić information content (AvgIpc) is 2.74. The third kappa shape index (κ3) is 1.60. The summed E-state index contributed by atoms with van der Waals surface area (Å²) in [5, 5.41) is 0. The lowest BCUT2D eigenvalue weighted by atomic mass is 9.49. The van der Waals surface area contributed by atoms with Gasteiger partial charge in [-0.1, -0.05) is 45.3 Å². The molecule has 6 atom stereocenters. The van der Waals surface area contributed by atoms with Gasteiger partial charge in [-0.2, -0.15) is 0 Å². The Balaban J connectivity index is 1.72. The maximum Gasteiger partial charge on any atom is -0.00853 e. The Kier molecular flexibility index (Phi) is 2.93. The minimum Gasteiger partial charge on any atom is -0.0839 e. The standard InChI is InChI=1S/C20H32/c1-14-7-10-17-16-9-8-15-6-4-5-12-20(15,3)18(16)11-13-19(14,17)2/h11,14-17H,4-10,12-13H2,1-3H3/t14-,15?,16-,17-,19+,20-/m0/s1. The zero-order chi connectivity index (χ0) is 14.0. The average molecular weight is 272 g/mol. The molecule has 0 aromatic heterocycles. The first-order valence-corrected chi connectivity index (χ1v) is 9.26.